The summed E-state index contributed by atoms with van der Waals surface area (Å²) in [5.41, 5.74) is 3.17. The molecule has 0 aliphatic heterocycles. The van der Waals surface area contributed by atoms with E-state index in [1.165, 1.54) is 40.0 Å². The van der Waals surface area contributed by atoms with Crippen molar-refractivity contribution in [1.29, 1.82) is 0 Å². The second-order valence-electron chi connectivity index (χ2n) is 7.12. The lowest BCUT2D eigenvalue weighted by Gasteiger charge is -2.17. The van der Waals surface area contributed by atoms with Crippen molar-refractivity contribution >= 4 is 56.5 Å². The van der Waals surface area contributed by atoms with Gasteiger partial charge in [-0.2, -0.15) is 0 Å². The molecule has 1 aromatic carbocycles. The lowest BCUT2D eigenvalue weighted by Crippen LogP contribution is -2.32. The van der Waals surface area contributed by atoms with Crippen LogP contribution < -0.4 is 10.2 Å². The third-order valence-electron chi connectivity index (χ3n) is 4.82. The Morgan fingerprint density at radius 3 is 2.65 bits per heavy atom. The van der Waals surface area contributed by atoms with Crippen molar-refractivity contribution < 1.29 is 9.59 Å². The van der Waals surface area contributed by atoms with E-state index >= 15 is 0 Å². The molecule has 0 unspecified atom stereocenters. The summed E-state index contributed by atoms with van der Waals surface area (Å²) in [4.78, 5) is 30.8. The normalized spacial score (nSPS) is 13.2. The fourth-order valence-electron chi connectivity index (χ4n) is 2.99. The summed E-state index contributed by atoms with van der Waals surface area (Å²) in [7, 11) is 0. The molecule has 2 aromatic heterocycles. The third kappa shape index (κ3) is 5.50. The summed E-state index contributed by atoms with van der Waals surface area (Å²) >= 11 is 4.08. The molecule has 3 aromatic rings. The van der Waals surface area contributed by atoms with Crippen molar-refractivity contribution in [1.82, 2.24) is 15.2 Å². The van der Waals surface area contributed by atoms with Crippen molar-refractivity contribution in [2.45, 2.75) is 49.9 Å². The van der Waals surface area contributed by atoms with Gasteiger partial charge in [-0.3, -0.25) is 14.5 Å². The maximum Gasteiger partial charge on any atom is 0.236 e. The molecule has 0 saturated heterocycles. The molecule has 1 fully saturated rings. The monoisotopic (exact) mass is 473 g/mol. The number of carbonyl (C=O) groups is 2. The fourth-order valence-corrected chi connectivity index (χ4v) is 5.45. The number of anilines is 2. The maximum absolute atomic E-state index is 12.4. The van der Waals surface area contributed by atoms with Gasteiger partial charge in [-0.1, -0.05) is 61.2 Å². The van der Waals surface area contributed by atoms with Gasteiger partial charge in [0.1, 0.15) is 0 Å². The minimum absolute atomic E-state index is 0.0665. The molecule has 31 heavy (non-hydrogen) atoms. The van der Waals surface area contributed by atoms with Gasteiger partial charge < -0.3 is 5.32 Å². The van der Waals surface area contributed by atoms with Gasteiger partial charge in [0.25, 0.3) is 0 Å². The quantitative estimate of drug-likeness (QED) is 0.353. The van der Waals surface area contributed by atoms with Crippen LogP contribution in [-0.4, -0.2) is 38.8 Å². The topological polar surface area (TPSA) is 88.1 Å². The Morgan fingerprint density at radius 2 is 1.97 bits per heavy atom. The molecular formula is C21H23N5O2S3. The van der Waals surface area contributed by atoms with Gasteiger partial charge in [-0.15, -0.1) is 21.5 Å². The van der Waals surface area contributed by atoms with Crippen LogP contribution in [0.3, 0.4) is 0 Å². The predicted octanol–water partition coefficient (Wildman–Crippen LogP) is 4.86. The Labute approximate surface area is 193 Å². The average Bonchev–Trinajstić information content (AvgIpc) is 3.32. The minimum Gasteiger partial charge on any atom is -0.301 e. The number of aryl methyl sites for hydroxylation is 1. The molecule has 4 rings (SSSR count). The van der Waals surface area contributed by atoms with Gasteiger partial charge in [-0.05, 0) is 24.8 Å². The number of carbonyl (C=O) groups excluding carboxylic acids is 2. The molecule has 0 spiro atoms. The number of hydrogen-bond donors (Lipinski definition) is 1. The van der Waals surface area contributed by atoms with E-state index in [2.05, 4.69) is 51.7 Å². The average molecular weight is 474 g/mol. The number of nitrogens with zero attached hydrogens (tertiary/aromatic N) is 4. The first-order valence-electron chi connectivity index (χ1n) is 10.2. The van der Waals surface area contributed by atoms with Crippen LogP contribution in [0.25, 0.3) is 11.3 Å². The summed E-state index contributed by atoms with van der Waals surface area (Å²) < 4.78 is 0.676. The number of hydrogen-bond acceptors (Lipinski definition) is 8. The summed E-state index contributed by atoms with van der Waals surface area (Å²) in [5.74, 6) is 0.129. The Hall–Kier alpha value is -2.30. The second-order valence-corrected chi connectivity index (χ2v) is 10.2. The highest BCUT2D eigenvalue weighted by Crippen LogP contribution is 2.36. The summed E-state index contributed by atoms with van der Waals surface area (Å²) in [6.07, 6.45) is 3.46. The molecule has 0 radical (unpaired) electrons. The standard InChI is InChI=1S/C21H23N5O2S3/c1-3-13-5-7-14(8-6-13)16-11-29-19(22-16)23-17(27)12-30-21-25-24-20(31-21)26(15-9-10-15)18(28)4-2/h5-8,11,15H,3-4,9-10,12H2,1-2H3,(H,22,23,27). The number of nitrogens with one attached hydrogen (secondary N) is 1. The molecule has 7 nitrogen and oxygen atoms in total. The molecule has 0 atom stereocenters. The van der Waals surface area contributed by atoms with Crippen LogP contribution in [0.15, 0.2) is 34.0 Å². The first-order chi connectivity index (χ1) is 15.1. The van der Waals surface area contributed by atoms with E-state index in [4.69, 9.17) is 0 Å². The number of thioether (sulfide) groups is 1. The van der Waals surface area contributed by atoms with Gasteiger partial charge in [0, 0.05) is 23.4 Å². The van der Waals surface area contributed by atoms with E-state index in [-0.39, 0.29) is 23.6 Å². The SMILES string of the molecule is CCC(=O)N(c1nnc(SCC(=O)Nc2nc(-c3ccc(CC)cc3)cs2)s1)C1CC1. The molecule has 162 valence electrons. The zero-order valence-electron chi connectivity index (χ0n) is 17.3. The number of aromatic nitrogens is 3. The first kappa shape index (κ1) is 21.9. The van der Waals surface area contributed by atoms with Gasteiger partial charge in [0.05, 0.1) is 11.4 Å². The van der Waals surface area contributed by atoms with Crippen LogP contribution in [-0.2, 0) is 16.0 Å². The van der Waals surface area contributed by atoms with Gasteiger partial charge in [0.2, 0.25) is 16.9 Å². The van der Waals surface area contributed by atoms with Gasteiger partial charge >= 0.3 is 0 Å². The number of thiazole rings is 1. The fraction of sp³-hybridized carbons (Fsp3) is 0.381. The van der Waals surface area contributed by atoms with E-state index in [9.17, 15) is 9.59 Å². The van der Waals surface area contributed by atoms with E-state index in [0.717, 1.165) is 30.5 Å². The van der Waals surface area contributed by atoms with Crippen LogP contribution >= 0.6 is 34.4 Å². The third-order valence-corrected chi connectivity index (χ3v) is 7.63. The summed E-state index contributed by atoms with van der Waals surface area (Å²) in [6, 6.07) is 8.54. The zero-order valence-corrected chi connectivity index (χ0v) is 19.8. The molecule has 1 aliphatic carbocycles. The van der Waals surface area contributed by atoms with Crippen molar-refractivity contribution in [3.05, 3.63) is 35.2 Å². The van der Waals surface area contributed by atoms with E-state index < -0.39 is 0 Å². The van der Waals surface area contributed by atoms with Crippen LogP contribution in [0.5, 0.6) is 0 Å². The van der Waals surface area contributed by atoms with Gasteiger partial charge in [-0.25, -0.2) is 4.98 Å². The van der Waals surface area contributed by atoms with Crippen molar-refractivity contribution in [3.8, 4) is 11.3 Å². The summed E-state index contributed by atoms with van der Waals surface area (Å²) in [6.45, 7) is 3.98. The van der Waals surface area contributed by atoms with Crippen molar-refractivity contribution in [3.63, 3.8) is 0 Å². The smallest absolute Gasteiger partial charge is 0.236 e. The molecule has 1 aliphatic rings. The Balaban J connectivity index is 1.31. The van der Waals surface area contributed by atoms with Crippen LogP contribution in [0.4, 0.5) is 10.3 Å². The highest BCUT2D eigenvalue weighted by molar-refractivity contribution is 8.01. The van der Waals surface area contributed by atoms with Crippen LogP contribution in [0.2, 0.25) is 0 Å². The lowest BCUT2D eigenvalue weighted by atomic mass is 10.1. The van der Waals surface area contributed by atoms with E-state index in [0.29, 0.717) is 21.0 Å². The lowest BCUT2D eigenvalue weighted by molar-refractivity contribution is -0.118. The minimum atomic E-state index is -0.146. The Morgan fingerprint density at radius 1 is 1.19 bits per heavy atom. The zero-order chi connectivity index (χ0) is 21.8. The van der Waals surface area contributed by atoms with Crippen molar-refractivity contribution in [2.75, 3.05) is 16.0 Å². The largest absolute Gasteiger partial charge is 0.301 e. The van der Waals surface area contributed by atoms with E-state index in [1.54, 1.807) is 4.90 Å². The number of rotatable bonds is 9. The second kappa shape index (κ2) is 9.88. The van der Waals surface area contributed by atoms with Crippen LogP contribution in [0.1, 0.15) is 38.7 Å². The molecule has 10 heteroatoms. The number of benzene rings is 1. The van der Waals surface area contributed by atoms with Crippen molar-refractivity contribution in [2.24, 2.45) is 0 Å². The summed E-state index contributed by atoms with van der Waals surface area (Å²) in [5, 5.41) is 14.3. The molecule has 1 saturated carbocycles. The highest BCUT2D eigenvalue weighted by Gasteiger charge is 2.35. The van der Waals surface area contributed by atoms with Gasteiger partial charge in [0.15, 0.2) is 9.47 Å². The molecule has 2 amide bonds. The Kier molecular flexibility index (Phi) is 6.99. The van der Waals surface area contributed by atoms with E-state index in [1.807, 2.05) is 12.3 Å². The number of amides is 2. The maximum atomic E-state index is 12.4. The predicted molar refractivity (Wildman–Crippen MR) is 127 cm³/mol. The highest BCUT2D eigenvalue weighted by atomic mass is 32.2. The molecule has 0 bridgehead atoms. The molecule has 1 N–H and O–H groups in total. The molecule has 2 heterocycles. The Bertz CT molecular complexity index is 1060. The molecular weight excluding hydrogens is 450 g/mol. The van der Waals surface area contributed by atoms with Crippen LogP contribution in [0, 0.1) is 0 Å². The first-order valence-corrected chi connectivity index (χ1v) is 12.9.